The van der Waals surface area contributed by atoms with Gasteiger partial charge in [0.15, 0.2) is 0 Å². The Bertz CT molecular complexity index is 644. The van der Waals surface area contributed by atoms with Crippen LogP contribution in [0.2, 0.25) is 0 Å². The Labute approximate surface area is 161 Å². The normalized spacial score (nSPS) is 30.7. The van der Waals surface area contributed by atoms with Crippen molar-refractivity contribution >= 4 is 29.9 Å². The molecule has 5 nitrogen and oxygen atoms in total. The number of fused-ring (bicyclic) bond motifs is 2. The number of halogens is 1. The van der Waals surface area contributed by atoms with Crippen LogP contribution in [0.25, 0.3) is 0 Å². The lowest BCUT2D eigenvalue weighted by Gasteiger charge is -2.36. The average Bonchev–Trinajstić information content (AvgIpc) is 3.23. The first-order chi connectivity index (χ1) is 12.1. The van der Waals surface area contributed by atoms with Crippen LogP contribution in [0.4, 0.5) is 5.69 Å². The fourth-order valence-electron chi connectivity index (χ4n) is 5.04. The van der Waals surface area contributed by atoms with Crippen molar-refractivity contribution in [2.75, 3.05) is 18.4 Å². The topological polar surface area (TPSA) is 75.4 Å². The zero-order valence-electron chi connectivity index (χ0n) is 15.0. The van der Waals surface area contributed by atoms with E-state index < -0.39 is 0 Å². The molecule has 1 aliphatic heterocycles. The summed E-state index contributed by atoms with van der Waals surface area (Å²) in [6.45, 7) is 1.35. The Morgan fingerprint density at radius 1 is 1.00 bits per heavy atom. The van der Waals surface area contributed by atoms with Crippen LogP contribution in [0.3, 0.4) is 0 Å². The van der Waals surface area contributed by atoms with Crippen molar-refractivity contribution in [1.29, 1.82) is 0 Å². The molecule has 3 N–H and O–H groups in total. The van der Waals surface area contributed by atoms with Crippen LogP contribution in [-0.4, -0.2) is 35.8 Å². The van der Waals surface area contributed by atoms with Gasteiger partial charge in [0, 0.05) is 30.7 Å². The fourth-order valence-corrected chi connectivity index (χ4v) is 5.04. The third-order valence-electron chi connectivity index (χ3n) is 6.48. The van der Waals surface area contributed by atoms with Gasteiger partial charge in [-0.2, -0.15) is 0 Å². The van der Waals surface area contributed by atoms with E-state index in [0.717, 1.165) is 31.4 Å². The summed E-state index contributed by atoms with van der Waals surface area (Å²) < 4.78 is 0. The number of para-hydroxylation sites is 1. The summed E-state index contributed by atoms with van der Waals surface area (Å²) in [4.78, 5) is 27.3. The lowest BCUT2D eigenvalue weighted by Crippen LogP contribution is -2.50. The number of anilines is 1. The first kappa shape index (κ1) is 19.2. The molecule has 4 rings (SSSR count). The molecule has 4 atom stereocenters. The summed E-state index contributed by atoms with van der Waals surface area (Å²) >= 11 is 0. The largest absolute Gasteiger partial charge is 0.342 e. The van der Waals surface area contributed by atoms with E-state index in [-0.39, 0.29) is 42.1 Å². The quantitative estimate of drug-likeness (QED) is 0.850. The Morgan fingerprint density at radius 2 is 1.65 bits per heavy atom. The van der Waals surface area contributed by atoms with E-state index in [4.69, 9.17) is 5.73 Å². The van der Waals surface area contributed by atoms with Gasteiger partial charge in [0.25, 0.3) is 0 Å². The first-order valence-corrected chi connectivity index (χ1v) is 9.54. The molecule has 3 aliphatic rings. The SMILES string of the molecule is Cl.NC1C2CCC(C2)C1C(=O)N1CCC(C(=O)Nc2ccccc2)CC1. The Hall–Kier alpha value is -1.59. The number of benzene rings is 1. The van der Waals surface area contributed by atoms with Gasteiger partial charge in [-0.1, -0.05) is 18.2 Å². The lowest BCUT2D eigenvalue weighted by molar-refractivity contribution is -0.140. The molecule has 2 aliphatic carbocycles. The summed E-state index contributed by atoms with van der Waals surface area (Å²) in [6.07, 6.45) is 4.95. The minimum Gasteiger partial charge on any atom is -0.342 e. The van der Waals surface area contributed by atoms with E-state index in [2.05, 4.69) is 5.32 Å². The minimum absolute atomic E-state index is 0. The second kappa shape index (κ2) is 7.97. The van der Waals surface area contributed by atoms with Crippen molar-refractivity contribution in [3.05, 3.63) is 30.3 Å². The molecule has 6 heteroatoms. The van der Waals surface area contributed by atoms with E-state index in [0.29, 0.717) is 24.9 Å². The van der Waals surface area contributed by atoms with E-state index >= 15 is 0 Å². The number of hydrogen-bond acceptors (Lipinski definition) is 3. The van der Waals surface area contributed by atoms with Gasteiger partial charge in [0.1, 0.15) is 0 Å². The maximum absolute atomic E-state index is 12.9. The molecule has 26 heavy (non-hydrogen) atoms. The summed E-state index contributed by atoms with van der Waals surface area (Å²) in [5, 5.41) is 2.98. The van der Waals surface area contributed by atoms with Crippen LogP contribution in [0.1, 0.15) is 32.1 Å². The van der Waals surface area contributed by atoms with Gasteiger partial charge in [0.05, 0.1) is 5.92 Å². The molecule has 2 amide bonds. The second-order valence-corrected chi connectivity index (χ2v) is 7.89. The van der Waals surface area contributed by atoms with E-state index in [1.165, 1.54) is 6.42 Å². The molecular formula is C20H28ClN3O2. The first-order valence-electron chi connectivity index (χ1n) is 9.54. The fraction of sp³-hybridized carbons (Fsp3) is 0.600. The van der Waals surface area contributed by atoms with Crippen molar-refractivity contribution in [2.45, 2.75) is 38.1 Å². The summed E-state index contributed by atoms with van der Waals surface area (Å²) in [5.41, 5.74) is 7.15. The molecule has 1 saturated heterocycles. The van der Waals surface area contributed by atoms with E-state index in [1.807, 2.05) is 35.2 Å². The lowest BCUT2D eigenvalue weighted by atomic mass is 9.83. The standard InChI is InChI=1S/C20H27N3O2.ClH/c21-18-15-7-6-14(12-15)17(18)20(25)23-10-8-13(9-11-23)19(24)22-16-4-2-1-3-5-16;/h1-5,13-15,17-18H,6-12,21H2,(H,22,24);1H. The van der Waals surface area contributed by atoms with Gasteiger partial charge in [0.2, 0.25) is 11.8 Å². The molecule has 1 heterocycles. The van der Waals surface area contributed by atoms with Gasteiger partial charge in [-0.15, -0.1) is 12.4 Å². The maximum atomic E-state index is 12.9. The number of piperidine rings is 1. The van der Waals surface area contributed by atoms with Crippen LogP contribution in [-0.2, 0) is 9.59 Å². The maximum Gasteiger partial charge on any atom is 0.227 e. The van der Waals surface area contributed by atoms with Gasteiger partial charge in [-0.25, -0.2) is 0 Å². The zero-order chi connectivity index (χ0) is 17.4. The summed E-state index contributed by atoms with van der Waals surface area (Å²) in [6, 6.07) is 9.59. The molecule has 1 aromatic carbocycles. The monoisotopic (exact) mass is 377 g/mol. The highest BCUT2D eigenvalue weighted by molar-refractivity contribution is 5.92. The van der Waals surface area contributed by atoms with Gasteiger partial charge >= 0.3 is 0 Å². The highest BCUT2D eigenvalue weighted by Crippen LogP contribution is 2.48. The number of hydrogen-bond donors (Lipinski definition) is 2. The number of rotatable bonds is 3. The van der Waals surface area contributed by atoms with Crippen LogP contribution in [0.15, 0.2) is 30.3 Å². The molecule has 3 fully saturated rings. The highest BCUT2D eigenvalue weighted by Gasteiger charge is 2.50. The van der Waals surface area contributed by atoms with Crippen LogP contribution < -0.4 is 11.1 Å². The molecular weight excluding hydrogens is 350 g/mol. The highest BCUT2D eigenvalue weighted by atomic mass is 35.5. The Kier molecular flexibility index (Phi) is 5.88. The van der Waals surface area contributed by atoms with Crippen molar-refractivity contribution in [3.63, 3.8) is 0 Å². The van der Waals surface area contributed by atoms with Gasteiger partial charge in [-0.05, 0) is 56.1 Å². The predicted octanol–water partition coefficient (Wildman–Crippen LogP) is 2.66. The van der Waals surface area contributed by atoms with Crippen LogP contribution >= 0.6 is 12.4 Å². The second-order valence-electron chi connectivity index (χ2n) is 7.89. The van der Waals surface area contributed by atoms with Crippen molar-refractivity contribution in [3.8, 4) is 0 Å². The summed E-state index contributed by atoms with van der Waals surface area (Å²) in [5.74, 6) is 1.35. The summed E-state index contributed by atoms with van der Waals surface area (Å²) in [7, 11) is 0. The van der Waals surface area contributed by atoms with E-state index in [9.17, 15) is 9.59 Å². The minimum atomic E-state index is -0.0158. The molecule has 142 valence electrons. The average molecular weight is 378 g/mol. The number of amides is 2. The van der Waals surface area contributed by atoms with Crippen molar-refractivity contribution in [1.82, 2.24) is 4.90 Å². The van der Waals surface area contributed by atoms with Crippen molar-refractivity contribution in [2.24, 2.45) is 29.4 Å². The van der Waals surface area contributed by atoms with Gasteiger partial charge < -0.3 is 16.0 Å². The molecule has 0 radical (unpaired) electrons. The molecule has 0 aromatic heterocycles. The Balaban J connectivity index is 0.00000196. The van der Waals surface area contributed by atoms with Crippen LogP contribution in [0.5, 0.6) is 0 Å². The third-order valence-corrected chi connectivity index (χ3v) is 6.48. The smallest absolute Gasteiger partial charge is 0.227 e. The van der Waals surface area contributed by atoms with Crippen molar-refractivity contribution < 1.29 is 9.59 Å². The number of nitrogens with one attached hydrogen (secondary N) is 1. The zero-order valence-corrected chi connectivity index (χ0v) is 15.8. The number of likely N-dealkylation sites (tertiary alicyclic amines) is 1. The number of nitrogens with zero attached hydrogens (tertiary/aromatic N) is 1. The third kappa shape index (κ3) is 3.60. The molecule has 2 saturated carbocycles. The molecule has 2 bridgehead atoms. The van der Waals surface area contributed by atoms with Crippen LogP contribution in [0, 0.1) is 23.7 Å². The number of nitrogens with two attached hydrogens (primary N) is 1. The molecule has 1 aromatic rings. The van der Waals surface area contributed by atoms with Gasteiger partial charge in [-0.3, -0.25) is 9.59 Å². The number of carbonyl (C=O) groups is 2. The number of carbonyl (C=O) groups excluding carboxylic acids is 2. The molecule has 4 unspecified atom stereocenters. The van der Waals surface area contributed by atoms with E-state index in [1.54, 1.807) is 0 Å². The Morgan fingerprint density at radius 3 is 2.27 bits per heavy atom. The predicted molar refractivity (Wildman–Crippen MR) is 104 cm³/mol. The molecule has 0 spiro atoms.